The number of benzene rings is 1. The standard InChI is InChI=1S/C21H28N6O2/c1-14-13-18(24-21(29)22-12-6-9-15-7-3-2-4-8-15)27(26-14)20-23-17-11-5-10-16(17)19(28)25-20/h2-4,7-8,13,16-17,20,23H,5-6,9-12H2,1H3,(H,25,28)(H2,22,24,29). The summed E-state index contributed by atoms with van der Waals surface area (Å²) >= 11 is 0. The fraction of sp³-hybridized carbons (Fsp3) is 0.476. The molecule has 4 rings (SSSR count). The minimum absolute atomic E-state index is 0.0345. The Hall–Kier alpha value is -2.87. The third-order valence-electron chi connectivity index (χ3n) is 5.62. The van der Waals surface area contributed by atoms with Crippen LogP contribution < -0.4 is 21.3 Å². The van der Waals surface area contributed by atoms with Gasteiger partial charge in [0.25, 0.3) is 0 Å². The molecule has 1 aromatic heterocycles. The molecule has 29 heavy (non-hydrogen) atoms. The Balaban J connectivity index is 1.32. The van der Waals surface area contributed by atoms with Crippen molar-refractivity contribution in [1.82, 2.24) is 25.7 Å². The number of hydrogen-bond acceptors (Lipinski definition) is 4. The first-order valence-corrected chi connectivity index (χ1v) is 10.3. The van der Waals surface area contributed by atoms with E-state index in [4.69, 9.17) is 0 Å². The van der Waals surface area contributed by atoms with E-state index in [2.05, 4.69) is 38.5 Å². The van der Waals surface area contributed by atoms with Crippen LogP contribution in [0, 0.1) is 12.8 Å². The number of nitrogens with one attached hydrogen (secondary N) is 4. The van der Waals surface area contributed by atoms with Crippen molar-refractivity contribution in [3.05, 3.63) is 47.7 Å². The summed E-state index contributed by atoms with van der Waals surface area (Å²) in [6.07, 6.45) is 4.28. The number of amides is 3. The van der Waals surface area contributed by atoms with E-state index in [0.717, 1.165) is 37.8 Å². The SMILES string of the molecule is Cc1cc(NC(=O)NCCCc2ccccc2)n(C2NC(=O)C3CCCC3N2)n1. The van der Waals surface area contributed by atoms with Crippen LogP contribution >= 0.6 is 0 Å². The van der Waals surface area contributed by atoms with Crippen LogP contribution in [0.4, 0.5) is 10.6 Å². The Bertz CT molecular complexity index is 865. The fourth-order valence-electron chi connectivity index (χ4n) is 4.20. The quantitative estimate of drug-likeness (QED) is 0.563. The van der Waals surface area contributed by atoms with Crippen LogP contribution in [-0.4, -0.2) is 34.3 Å². The molecule has 3 unspecified atom stereocenters. The molecular weight excluding hydrogens is 368 g/mol. The van der Waals surface area contributed by atoms with E-state index in [9.17, 15) is 9.59 Å². The predicted molar refractivity (Wildman–Crippen MR) is 110 cm³/mol. The van der Waals surface area contributed by atoms with E-state index in [-0.39, 0.29) is 23.9 Å². The molecule has 3 atom stereocenters. The lowest BCUT2D eigenvalue weighted by molar-refractivity contribution is -0.130. The summed E-state index contributed by atoms with van der Waals surface area (Å²) in [5.74, 6) is 0.644. The topological polar surface area (TPSA) is 100 Å². The molecule has 1 aliphatic heterocycles. The van der Waals surface area contributed by atoms with Gasteiger partial charge in [0, 0.05) is 18.7 Å². The molecule has 8 heteroatoms. The number of fused-ring (bicyclic) bond motifs is 1. The van der Waals surface area contributed by atoms with Crippen LogP contribution in [0.3, 0.4) is 0 Å². The van der Waals surface area contributed by atoms with E-state index in [1.54, 1.807) is 10.7 Å². The van der Waals surface area contributed by atoms with Crippen LogP contribution in [0.1, 0.15) is 43.2 Å². The van der Waals surface area contributed by atoms with Crippen molar-refractivity contribution in [3.8, 4) is 0 Å². The maximum atomic E-state index is 12.4. The number of aromatic nitrogens is 2. The zero-order chi connectivity index (χ0) is 20.2. The molecule has 3 amide bonds. The Labute approximate surface area is 170 Å². The first-order valence-electron chi connectivity index (χ1n) is 10.3. The third kappa shape index (κ3) is 4.59. The zero-order valence-corrected chi connectivity index (χ0v) is 16.6. The summed E-state index contributed by atoms with van der Waals surface area (Å²) in [6, 6.07) is 11.9. The van der Waals surface area contributed by atoms with Gasteiger partial charge in [-0.05, 0) is 38.2 Å². The Morgan fingerprint density at radius 1 is 1.28 bits per heavy atom. The molecule has 1 aromatic carbocycles. The third-order valence-corrected chi connectivity index (χ3v) is 5.62. The van der Waals surface area contributed by atoms with Crippen LogP contribution in [-0.2, 0) is 11.2 Å². The van der Waals surface area contributed by atoms with Crippen molar-refractivity contribution in [2.45, 2.75) is 51.4 Å². The maximum absolute atomic E-state index is 12.4. The zero-order valence-electron chi connectivity index (χ0n) is 16.6. The molecule has 8 nitrogen and oxygen atoms in total. The largest absolute Gasteiger partial charge is 0.338 e. The molecule has 0 spiro atoms. The van der Waals surface area contributed by atoms with Crippen molar-refractivity contribution in [1.29, 1.82) is 0 Å². The average Bonchev–Trinajstić information content (AvgIpc) is 3.32. The van der Waals surface area contributed by atoms with Gasteiger partial charge in [-0.3, -0.25) is 15.4 Å². The monoisotopic (exact) mass is 396 g/mol. The highest BCUT2D eigenvalue weighted by Gasteiger charge is 2.40. The van der Waals surface area contributed by atoms with Gasteiger partial charge in [-0.25, -0.2) is 9.48 Å². The first kappa shape index (κ1) is 19.4. The number of carbonyl (C=O) groups excluding carboxylic acids is 2. The fourth-order valence-corrected chi connectivity index (χ4v) is 4.20. The molecule has 154 valence electrons. The van der Waals surface area contributed by atoms with Gasteiger partial charge < -0.3 is 10.6 Å². The second kappa shape index (κ2) is 8.65. The minimum atomic E-state index is -0.455. The van der Waals surface area contributed by atoms with Gasteiger partial charge >= 0.3 is 6.03 Å². The minimum Gasteiger partial charge on any atom is -0.338 e. The van der Waals surface area contributed by atoms with Crippen LogP contribution in [0.2, 0.25) is 0 Å². The van der Waals surface area contributed by atoms with Gasteiger partial charge in [0.1, 0.15) is 5.82 Å². The predicted octanol–water partition coefficient (Wildman–Crippen LogP) is 2.29. The second-order valence-electron chi connectivity index (χ2n) is 7.81. The first-order chi connectivity index (χ1) is 14.1. The highest BCUT2D eigenvalue weighted by molar-refractivity contribution is 5.88. The molecular formula is C21H28N6O2. The van der Waals surface area contributed by atoms with E-state index in [1.165, 1.54) is 5.56 Å². The molecule has 4 N–H and O–H groups in total. The number of hydrogen-bond donors (Lipinski definition) is 4. The van der Waals surface area contributed by atoms with Gasteiger partial charge in [-0.1, -0.05) is 36.8 Å². The van der Waals surface area contributed by atoms with Crippen molar-refractivity contribution in [2.24, 2.45) is 5.92 Å². The van der Waals surface area contributed by atoms with Crippen molar-refractivity contribution >= 4 is 17.8 Å². The summed E-state index contributed by atoms with van der Waals surface area (Å²) in [7, 11) is 0. The lowest BCUT2D eigenvalue weighted by Gasteiger charge is -2.34. The molecule has 2 heterocycles. The van der Waals surface area contributed by atoms with Gasteiger partial charge in [0.05, 0.1) is 11.6 Å². The average molecular weight is 396 g/mol. The molecule has 1 aliphatic carbocycles. The van der Waals surface area contributed by atoms with Gasteiger partial charge in [0.2, 0.25) is 5.91 Å². The van der Waals surface area contributed by atoms with Crippen LogP contribution in [0.5, 0.6) is 0 Å². The molecule has 1 saturated carbocycles. The smallest absolute Gasteiger partial charge is 0.320 e. The number of carbonyl (C=O) groups is 2. The molecule has 1 saturated heterocycles. The highest BCUT2D eigenvalue weighted by atomic mass is 16.2. The summed E-state index contributed by atoms with van der Waals surface area (Å²) < 4.78 is 1.64. The number of anilines is 1. The van der Waals surface area contributed by atoms with E-state index in [1.807, 2.05) is 25.1 Å². The normalized spacial score (nSPS) is 23.3. The number of aryl methyl sites for hydroxylation is 2. The summed E-state index contributed by atoms with van der Waals surface area (Å²) in [5, 5.41) is 16.7. The van der Waals surface area contributed by atoms with E-state index >= 15 is 0 Å². The van der Waals surface area contributed by atoms with Crippen LogP contribution in [0.15, 0.2) is 36.4 Å². The molecule has 2 fully saturated rings. The van der Waals surface area contributed by atoms with Crippen molar-refractivity contribution in [2.75, 3.05) is 11.9 Å². The number of rotatable bonds is 6. The second-order valence-corrected chi connectivity index (χ2v) is 7.81. The van der Waals surface area contributed by atoms with Gasteiger partial charge in [-0.15, -0.1) is 0 Å². The van der Waals surface area contributed by atoms with Gasteiger partial charge in [0.15, 0.2) is 6.29 Å². The number of urea groups is 1. The lowest BCUT2D eigenvalue weighted by Crippen LogP contribution is -2.57. The molecule has 2 aliphatic rings. The summed E-state index contributed by atoms with van der Waals surface area (Å²) in [6.45, 7) is 2.44. The Morgan fingerprint density at radius 3 is 2.93 bits per heavy atom. The van der Waals surface area contributed by atoms with Crippen molar-refractivity contribution in [3.63, 3.8) is 0 Å². The molecule has 0 bridgehead atoms. The highest BCUT2D eigenvalue weighted by Crippen LogP contribution is 2.30. The lowest BCUT2D eigenvalue weighted by atomic mass is 10.0. The van der Waals surface area contributed by atoms with Gasteiger partial charge in [-0.2, -0.15) is 5.10 Å². The maximum Gasteiger partial charge on any atom is 0.320 e. The van der Waals surface area contributed by atoms with E-state index in [0.29, 0.717) is 12.4 Å². The van der Waals surface area contributed by atoms with Crippen molar-refractivity contribution < 1.29 is 9.59 Å². The van der Waals surface area contributed by atoms with Crippen LogP contribution in [0.25, 0.3) is 0 Å². The summed E-state index contributed by atoms with van der Waals surface area (Å²) in [4.78, 5) is 24.7. The molecule has 0 radical (unpaired) electrons. The Kier molecular flexibility index (Phi) is 5.80. The van der Waals surface area contributed by atoms with E-state index < -0.39 is 6.29 Å². The molecule has 2 aromatic rings. The summed E-state index contributed by atoms with van der Waals surface area (Å²) in [5.41, 5.74) is 2.03. The Morgan fingerprint density at radius 2 is 2.10 bits per heavy atom. The number of nitrogens with zero attached hydrogens (tertiary/aromatic N) is 2.